The van der Waals surface area contributed by atoms with Crippen molar-refractivity contribution in [2.24, 2.45) is 5.73 Å². The van der Waals surface area contributed by atoms with Crippen LogP contribution in [0.3, 0.4) is 0 Å². The topological polar surface area (TPSA) is 32.5 Å². The molecule has 1 aromatic rings. The van der Waals surface area contributed by atoms with Gasteiger partial charge in [0.05, 0.1) is 0 Å². The van der Waals surface area contributed by atoms with Gasteiger partial charge < -0.3 is 15.5 Å². The van der Waals surface area contributed by atoms with Gasteiger partial charge in [0.15, 0.2) is 0 Å². The van der Waals surface area contributed by atoms with Crippen molar-refractivity contribution in [3.63, 3.8) is 0 Å². The van der Waals surface area contributed by atoms with Gasteiger partial charge >= 0.3 is 0 Å². The van der Waals surface area contributed by atoms with Crippen molar-refractivity contribution < 1.29 is 0 Å². The predicted octanol–water partition coefficient (Wildman–Crippen LogP) is 2.62. The van der Waals surface area contributed by atoms with Crippen molar-refractivity contribution in [3.8, 4) is 0 Å². The van der Waals surface area contributed by atoms with E-state index < -0.39 is 0 Å². The molecule has 1 unspecified atom stereocenters. The van der Waals surface area contributed by atoms with E-state index in [1.54, 1.807) is 0 Å². The molecule has 3 nitrogen and oxygen atoms in total. The van der Waals surface area contributed by atoms with E-state index in [4.69, 9.17) is 17.3 Å². The molecule has 1 rings (SSSR count). The van der Waals surface area contributed by atoms with Gasteiger partial charge in [0.1, 0.15) is 0 Å². The second kappa shape index (κ2) is 7.73. The molecule has 0 aliphatic carbocycles. The van der Waals surface area contributed by atoms with E-state index in [-0.39, 0.29) is 6.04 Å². The normalized spacial score (nSPS) is 12.8. The van der Waals surface area contributed by atoms with Crippen molar-refractivity contribution in [3.05, 3.63) is 28.8 Å². The molecule has 0 aromatic heterocycles. The van der Waals surface area contributed by atoms with Crippen LogP contribution in [0.1, 0.15) is 18.9 Å². The van der Waals surface area contributed by atoms with E-state index in [0.717, 1.165) is 31.0 Å². The summed E-state index contributed by atoms with van der Waals surface area (Å²) in [6, 6.07) is 6.23. The average Bonchev–Trinajstić information content (AvgIpc) is 2.30. The molecule has 0 heterocycles. The molecule has 0 saturated heterocycles. The molecule has 0 radical (unpaired) electrons. The Hall–Kier alpha value is -0.770. The van der Waals surface area contributed by atoms with E-state index in [1.165, 1.54) is 11.3 Å². The molecule has 1 atom stereocenters. The zero-order valence-electron chi connectivity index (χ0n) is 12.5. The molecule has 0 bridgehead atoms. The summed E-state index contributed by atoms with van der Waals surface area (Å²) in [5.74, 6) is 0. The minimum Gasteiger partial charge on any atom is -0.374 e. The number of nitrogens with zero attached hydrogens (tertiary/aromatic N) is 2. The highest BCUT2D eigenvalue weighted by molar-refractivity contribution is 6.30. The summed E-state index contributed by atoms with van der Waals surface area (Å²) in [5, 5.41) is 0.780. The fraction of sp³-hybridized carbons (Fsp3) is 0.600. The molecule has 0 spiro atoms. The molecule has 4 heteroatoms. The van der Waals surface area contributed by atoms with Crippen molar-refractivity contribution in [1.29, 1.82) is 0 Å². The lowest BCUT2D eigenvalue weighted by atomic mass is 10.0. The van der Waals surface area contributed by atoms with Crippen LogP contribution in [0.4, 0.5) is 5.69 Å². The fourth-order valence-electron chi connectivity index (χ4n) is 2.16. The second-order valence-corrected chi connectivity index (χ2v) is 5.97. The summed E-state index contributed by atoms with van der Waals surface area (Å²) in [6.07, 6.45) is 2.01. The first-order valence-electron chi connectivity index (χ1n) is 6.80. The Balaban J connectivity index is 2.75. The van der Waals surface area contributed by atoms with Crippen LogP contribution in [0.5, 0.6) is 0 Å². The van der Waals surface area contributed by atoms with Crippen LogP contribution < -0.4 is 10.6 Å². The standard InChI is InChI=1S/C15H26ClN3/c1-12(17)10-13-6-7-14(16)11-15(13)19(4)9-5-8-18(2)3/h6-7,11-12H,5,8-10,17H2,1-4H3. The van der Waals surface area contributed by atoms with Crippen LogP contribution in [0.25, 0.3) is 0 Å². The van der Waals surface area contributed by atoms with Crippen LogP contribution in [-0.2, 0) is 6.42 Å². The molecule has 19 heavy (non-hydrogen) atoms. The lowest BCUT2D eigenvalue weighted by Crippen LogP contribution is -2.25. The molecular formula is C15H26ClN3. The third-order valence-corrected chi connectivity index (χ3v) is 3.33. The van der Waals surface area contributed by atoms with E-state index in [9.17, 15) is 0 Å². The van der Waals surface area contributed by atoms with Gasteiger partial charge in [-0.1, -0.05) is 17.7 Å². The lowest BCUT2D eigenvalue weighted by Gasteiger charge is -2.24. The molecular weight excluding hydrogens is 258 g/mol. The summed E-state index contributed by atoms with van der Waals surface area (Å²) in [4.78, 5) is 4.47. The number of rotatable bonds is 7. The van der Waals surface area contributed by atoms with Crippen LogP contribution in [0.15, 0.2) is 18.2 Å². The Morgan fingerprint density at radius 2 is 1.89 bits per heavy atom. The maximum absolute atomic E-state index is 6.12. The number of hydrogen-bond donors (Lipinski definition) is 1. The summed E-state index contributed by atoms with van der Waals surface area (Å²) >= 11 is 6.12. The van der Waals surface area contributed by atoms with Gasteiger partial charge in [0.25, 0.3) is 0 Å². The number of halogens is 1. The number of benzene rings is 1. The van der Waals surface area contributed by atoms with E-state index in [1.807, 2.05) is 19.1 Å². The van der Waals surface area contributed by atoms with Crippen molar-refractivity contribution >= 4 is 17.3 Å². The first-order chi connectivity index (χ1) is 8.90. The molecule has 0 amide bonds. The minimum atomic E-state index is 0.162. The van der Waals surface area contributed by atoms with Crippen LogP contribution in [-0.4, -0.2) is 45.2 Å². The third kappa shape index (κ3) is 5.81. The second-order valence-electron chi connectivity index (χ2n) is 5.53. The summed E-state index contributed by atoms with van der Waals surface area (Å²) < 4.78 is 0. The molecule has 108 valence electrons. The molecule has 0 saturated carbocycles. The van der Waals surface area contributed by atoms with E-state index in [0.29, 0.717) is 0 Å². The highest BCUT2D eigenvalue weighted by atomic mass is 35.5. The zero-order chi connectivity index (χ0) is 14.4. The Kier molecular flexibility index (Phi) is 6.63. The SMILES string of the molecule is CC(N)Cc1ccc(Cl)cc1N(C)CCCN(C)C. The Labute approximate surface area is 122 Å². The van der Waals surface area contributed by atoms with Gasteiger partial charge in [-0.3, -0.25) is 0 Å². The van der Waals surface area contributed by atoms with Crippen LogP contribution >= 0.6 is 11.6 Å². The van der Waals surface area contributed by atoms with Crippen molar-refractivity contribution in [1.82, 2.24) is 4.90 Å². The van der Waals surface area contributed by atoms with Crippen LogP contribution in [0.2, 0.25) is 5.02 Å². The van der Waals surface area contributed by atoms with Gasteiger partial charge in [0, 0.05) is 30.3 Å². The average molecular weight is 284 g/mol. The van der Waals surface area contributed by atoms with Crippen molar-refractivity contribution in [2.45, 2.75) is 25.8 Å². The van der Waals surface area contributed by atoms with Gasteiger partial charge in [-0.05, 0) is 58.1 Å². The Bertz CT molecular complexity index is 391. The highest BCUT2D eigenvalue weighted by Gasteiger charge is 2.10. The number of nitrogens with two attached hydrogens (primary N) is 1. The predicted molar refractivity (Wildman–Crippen MR) is 85.2 cm³/mol. The highest BCUT2D eigenvalue weighted by Crippen LogP contribution is 2.25. The zero-order valence-corrected chi connectivity index (χ0v) is 13.2. The summed E-state index contributed by atoms with van der Waals surface area (Å²) in [7, 11) is 6.31. The van der Waals surface area contributed by atoms with Crippen LogP contribution in [0, 0.1) is 0 Å². The first-order valence-corrected chi connectivity index (χ1v) is 7.18. The summed E-state index contributed by atoms with van der Waals surface area (Å²) in [5.41, 5.74) is 8.38. The van der Waals surface area contributed by atoms with Gasteiger partial charge in [-0.2, -0.15) is 0 Å². The smallest absolute Gasteiger partial charge is 0.0426 e. The number of hydrogen-bond acceptors (Lipinski definition) is 3. The third-order valence-electron chi connectivity index (χ3n) is 3.10. The maximum atomic E-state index is 6.12. The van der Waals surface area contributed by atoms with Gasteiger partial charge in [-0.15, -0.1) is 0 Å². The molecule has 2 N–H and O–H groups in total. The fourth-order valence-corrected chi connectivity index (χ4v) is 2.32. The largest absolute Gasteiger partial charge is 0.374 e. The van der Waals surface area contributed by atoms with E-state index in [2.05, 4.69) is 37.0 Å². The summed E-state index contributed by atoms with van der Waals surface area (Å²) in [6.45, 7) is 4.14. The quantitative estimate of drug-likeness (QED) is 0.835. The first kappa shape index (κ1) is 16.3. The molecule has 0 aliphatic heterocycles. The molecule has 0 aliphatic rings. The molecule has 0 fully saturated rings. The van der Waals surface area contributed by atoms with Gasteiger partial charge in [0.2, 0.25) is 0 Å². The monoisotopic (exact) mass is 283 g/mol. The molecule has 1 aromatic carbocycles. The minimum absolute atomic E-state index is 0.162. The lowest BCUT2D eigenvalue weighted by molar-refractivity contribution is 0.401. The Morgan fingerprint density at radius 3 is 2.47 bits per heavy atom. The van der Waals surface area contributed by atoms with Crippen molar-refractivity contribution in [2.75, 3.05) is 39.1 Å². The van der Waals surface area contributed by atoms with E-state index >= 15 is 0 Å². The number of anilines is 1. The van der Waals surface area contributed by atoms with Gasteiger partial charge in [-0.25, -0.2) is 0 Å². The maximum Gasteiger partial charge on any atom is 0.0426 e. The Morgan fingerprint density at radius 1 is 1.21 bits per heavy atom.